The smallest absolute Gasteiger partial charge is 0.343 e. The molecular formula is C21H17N3O4. The Hall–Kier alpha value is -3.92. The van der Waals surface area contributed by atoms with Crippen molar-refractivity contribution in [3.05, 3.63) is 65.2 Å². The zero-order chi connectivity index (χ0) is 20.1. The molecule has 0 fully saturated rings. The summed E-state index contributed by atoms with van der Waals surface area (Å²) in [5.41, 5.74) is 2.54. The maximum atomic E-state index is 12.4. The lowest BCUT2D eigenvalue weighted by Gasteiger charge is -2.15. The van der Waals surface area contributed by atoms with Gasteiger partial charge in [-0.1, -0.05) is 30.3 Å². The Morgan fingerprint density at radius 3 is 2.43 bits per heavy atom. The maximum absolute atomic E-state index is 12.4. The summed E-state index contributed by atoms with van der Waals surface area (Å²) in [7, 11) is 2.75. The van der Waals surface area contributed by atoms with E-state index in [1.807, 2.05) is 36.4 Å². The van der Waals surface area contributed by atoms with Gasteiger partial charge in [0.05, 0.1) is 31.5 Å². The van der Waals surface area contributed by atoms with Gasteiger partial charge in [0.1, 0.15) is 5.56 Å². The van der Waals surface area contributed by atoms with Crippen LogP contribution in [0.15, 0.2) is 48.5 Å². The second-order valence-corrected chi connectivity index (χ2v) is 5.79. The van der Waals surface area contributed by atoms with Crippen molar-refractivity contribution in [3.8, 4) is 34.7 Å². The van der Waals surface area contributed by atoms with Crippen molar-refractivity contribution in [1.82, 2.24) is 10.2 Å². The normalized spacial score (nSPS) is 10.1. The molecule has 0 aliphatic carbocycles. The molecule has 1 aromatic heterocycles. The van der Waals surface area contributed by atoms with E-state index in [4.69, 9.17) is 19.5 Å². The fourth-order valence-corrected chi connectivity index (χ4v) is 2.71. The average Bonchev–Trinajstić information content (AvgIpc) is 2.74. The monoisotopic (exact) mass is 375 g/mol. The second kappa shape index (κ2) is 8.18. The molecule has 0 atom stereocenters. The number of benzene rings is 2. The molecule has 140 valence electrons. The number of nitrogens with zero attached hydrogens (tertiary/aromatic N) is 3. The molecule has 0 amide bonds. The molecule has 0 unspecified atom stereocenters. The van der Waals surface area contributed by atoms with Crippen molar-refractivity contribution in [2.75, 3.05) is 14.2 Å². The van der Waals surface area contributed by atoms with Crippen LogP contribution in [0.3, 0.4) is 0 Å². The number of ether oxygens (including phenoxy) is 3. The number of aromatic nitrogens is 2. The molecule has 0 saturated carbocycles. The number of esters is 1. The maximum Gasteiger partial charge on any atom is 0.343 e. The molecule has 3 aromatic rings. The van der Waals surface area contributed by atoms with Crippen LogP contribution >= 0.6 is 0 Å². The van der Waals surface area contributed by atoms with Crippen LogP contribution in [0.5, 0.6) is 17.4 Å². The number of carbonyl (C=O) groups is 1. The van der Waals surface area contributed by atoms with Gasteiger partial charge in [0, 0.05) is 11.6 Å². The Balaban J connectivity index is 2.11. The molecule has 7 nitrogen and oxygen atoms in total. The van der Waals surface area contributed by atoms with E-state index in [0.717, 1.165) is 5.56 Å². The van der Waals surface area contributed by atoms with Crippen LogP contribution in [0.25, 0.3) is 11.3 Å². The molecule has 0 aliphatic heterocycles. The van der Waals surface area contributed by atoms with Crippen molar-refractivity contribution in [2.24, 2.45) is 0 Å². The van der Waals surface area contributed by atoms with Crippen LogP contribution in [-0.4, -0.2) is 30.4 Å². The number of methoxy groups -OCH3 is 2. The Morgan fingerprint density at radius 1 is 1.04 bits per heavy atom. The van der Waals surface area contributed by atoms with E-state index in [0.29, 0.717) is 28.3 Å². The lowest BCUT2D eigenvalue weighted by Crippen LogP contribution is -2.11. The first-order chi connectivity index (χ1) is 13.6. The summed E-state index contributed by atoms with van der Waals surface area (Å²) in [5, 5.41) is 17.4. The first-order valence-electron chi connectivity index (χ1n) is 8.36. The van der Waals surface area contributed by atoms with E-state index < -0.39 is 5.97 Å². The van der Waals surface area contributed by atoms with Gasteiger partial charge in [0.15, 0.2) is 11.5 Å². The highest BCUT2D eigenvalue weighted by molar-refractivity contribution is 5.95. The molecule has 7 heteroatoms. The molecule has 0 aliphatic rings. The molecule has 0 bridgehead atoms. The van der Waals surface area contributed by atoms with Gasteiger partial charge >= 0.3 is 5.97 Å². The predicted molar refractivity (Wildman–Crippen MR) is 101 cm³/mol. The Labute approximate surface area is 162 Å². The fourth-order valence-electron chi connectivity index (χ4n) is 2.71. The minimum absolute atomic E-state index is 0.00737. The van der Waals surface area contributed by atoms with Crippen molar-refractivity contribution in [3.63, 3.8) is 0 Å². The number of nitriles is 1. The first-order valence-corrected chi connectivity index (χ1v) is 8.36. The van der Waals surface area contributed by atoms with Crippen LogP contribution in [0.4, 0.5) is 0 Å². The summed E-state index contributed by atoms with van der Waals surface area (Å²) in [4.78, 5) is 12.4. The van der Waals surface area contributed by atoms with Crippen LogP contribution in [0.1, 0.15) is 21.5 Å². The minimum atomic E-state index is -0.591. The lowest BCUT2D eigenvalue weighted by molar-refractivity contribution is 0.0595. The van der Waals surface area contributed by atoms with E-state index in [-0.39, 0.29) is 11.4 Å². The molecule has 2 aromatic carbocycles. The Kier molecular flexibility index (Phi) is 5.51. The van der Waals surface area contributed by atoms with Crippen LogP contribution in [0.2, 0.25) is 0 Å². The third-order valence-corrected chi connectivity index (χ3v) is 4.12. The van der Waals surface area contributed by atoms with Gasteiger partial charge in [-0.05, 0) is 24.6 Å². The second-order valence-electron chi connectivity index (χ2n) is 5.79. The molecule has 0 spiro atoms. The molecule has 0 N–H and O–H groups in total. The van der Waals surface area contributed by atoms with Crippen molar-refractivity contribution in [1.29, 1.82) is 5.26 Å². The summed E-state index contributed by atoms with van der Waals surface area (Å²) in [6.07, 6.45) is 0. The van der Waals surface area contributed by atoms with E-state index >= 15 is 0 Å². The summed E-state index contributed by atoms with van der Waals surface area (Å²) in [6, 6.07) is 16.1. The van der Waals surface area contributed by atoms with Gasteiger partial charge in [-0.15, -0.1) is 10.2 Å². The Bertz CT molecular complexity index is 1060. The predicted octanol–water partition coefficient (Wildman–Crippen LogP) is 3.91. The van der Waals surface area contributed by atoms with Crippen molar-refractivity contribution < 1.29 is 19.0 Å². The summed E-state index contributed by atoms with van der Waals surface area (Å²) < 4.78 is 16.0. The van der Waals surface area contributed by atoms with E-state index in [9.17, 15) is 4.79 Å². The fraction of sp³-hybridized carbons (Fsp3) is 0.143. The van der Waals surface area contributed by atoms with Crippen molar-refractivity contribution in [2.45, 2.75) is 6.92 Å². The molecule has 3 rings (SSSR count). The topological polar surface area (TPSA) is 94.3 Å². The molecular weight excluding hydrogens is 358 g/mol. The van der Waals surface area contributed by atoms with E-state index in [1.54, 1.807) is 19.1 Å². The highest BCUT2D eigenvalue weighted by atomic mass is 16.5. The van der Waals surface area contributed by atoms with Crippen LogP contribution < -0.4 is 9.47 Å². The van der Waals surface area contributed by atoms with Gasteiger partial charge in [-0.3, -0.25) is 0 Å². The lowest BCUT2D eigenvalue weighted by atomic mass is 10.0. The minimum Gasteiger partial charge on any atom is -0.493 e. The van der Waals surface area contributed by atoms with E-state index in [1.165, 1.54) is 20.3 Å². The third-order valence-electron chi connectivity index (χ3n) is 4.12. The first kappa shape index (κ1) is 18.9. The molecule has 28 heavy (non-hydrogen) atoms. The standard InChI is InChI=1S/C21H17N3O4/c1-13-18(21(25)27-3)20(24-23-19(13)15-7-5-4-6-8-15)28-16-10-9-14(12-22)11-17(16)26-2/h4-11H,1-3H3. The highest BCUT2D eigenvalue weighted by Gasteiger charge is 2.24. The number of carbonyl (C=O) groups excluding carboxylic acids is 1. The summed E-state index contributed by atoms with van der Waals surface area (Å²) >= 11 is 0. The summed E-state index contributed by atoms with van der Waals surface area (Å²) in [5.74, 6) is 0.0356. The largest absolute Gasteiger partial charge is 0.493 e. The number of hydrogen-bond acceptors (Lipinski definition) is 7. The van der Waals surface area contributed by atoms with Crippen molar-refractivity contribution >= 4 is 5.97 Å². The number of hydrogen-bond donors (Lipinski definition) is 0. The number of rotatable bonds is 5. The third kappa shape index (κ3) is 3.62. The average molecular weight is 375 g/mol. The van der Waals surface area contributed by atoms with Gasteiger partial charge in [0.2, 0.25) is 0 Å². The van der Waals surface area contributed by atoms with Gasteiger partial charge in [-0.25, -0.2) is 4.79 Å². The molecule has 1 heterocycles. The molecule has 0 radical (unpaired) electrons. The van der Waals surface area contributed by atoms with Gasteiger partial charge in [0.25, 0.3) is 5.88 Å². The van der Waals surface area contributed by atoms with Gasteiger partial charge < -0.3 is 14.2 Å². The van der Waals surface area contributed by atoms with Crippen LogP contribution in [-0.2, 0) is 4.74 Å². The quantitative estimate of drug-likeness (QED) is 0.624. The van der Waals surface area contributed by atoms with E-state index in [2.05, 4.69) is 10.2 Å². The van der Waals surface area contributed by atoms with Gasteiger partial charge in [-0.2, -0.15) is 5.26 Å². The summed E-state index contributed by atoms with van der Waals surface area (Å²) in [6.45, 7) is 1.76. The highest BCUT2D eigenvalue weighted by Crippen LogP contribution is 2.35. The van der Waals surface area contributed by atoms with Crippen LogP contribution in [0, 0.1) is 18.3 Å². The SMILES string of the molecule is COC(=O)c1c(Oc2ccc(C#N)cc2OC)nnc(-c2ccccc2)c1C. The Morgan fingerprint density at radius 2 is 1.79 bits per heavy atom. The molecule has 0 saturated heterocycles. The zero-order valence-corrected chi connectivity index (χ0v) is 15.6. The zero-order valence-electron chi connectivity index (χ0n) is 15.6.